The number of unbranched alkanes of at least 4 members (excludes halogenated alkanes) is 1. The molecule has 0 saturated heterocycles. The topological polar surface area (TPSA) is 34.1 Å². The van der Waals surface area contributed by atoms with Crippen molar-refractivity contribution in [2.75, 3.05) is 6.61 Å². The number of pyridine rings is 1. The van der Waals surface area contributed by atoms with Crippen LogP contribution in [0.2, 0.25) is 0 Å². The van der Waals surface area contributed by atoms with Gasteiger partial charge in [-0.15, -0.1) is 6.58 Å². The first-order valence-electron chi connectivity index (χ1n) is 7.81. The number of nitrogens with zero attached hydrogens (tertiary/aromatic N) is 1. The van der Waals surface area contributed by atoms with Crippen molar-refractivity contribution in [3.05, 3.63) is 36.0 Å². The number of hydrogen-bond donors (Lipinski definition) is 1. The average molecular weight is 290 g/mol. The number of rotatable bonds is 8. The Labute approximate surface area is 129 Å². The summed E-state index contributed by atoms with van der Waals surface area (Å²) in [5.41, 5.74) is 2.32. The zero-order chi connectivity index (χ0) is 15.9. The van der Waals surface area contributed by atoms with E-state index in [4.69, 9.17) is 4.74 Å². The molecule has 0 amide bonds. The number of aromatic nitrogens is 1. The van der Waals surface area contributed by atoms with E-state index in [-0.39, 0.29) is 5.41 Å². The van der Waals surface area contributed by atoms with Crippen LogP contribution in [0.25, 0.3) is 0 Å². The molecule has 0 aliphatic heterocycles. The van der Waals surface area contributed by atoms with Gasteiger partial charge >= 0.3 is 0 Å². The number of hydrogen-bond acceptors (Lipinski definition) is 3. The maximum atomic E-state index is 5.80. The molecule has 1 aromatic rings. The van der Waals surface area contributed by atoms with Crippen LogP contribution in [0.1, 0.15) is 58.7 Å². The summed E-state index contributed by atoms with van der Waals surface area (Å²) in [6.45, 7) is 16.1. The Hall–Kier alpha value is -1.35. The molecule has 0 bridgehead atoms. The number of nitrogens with one attached hydrogen (secondary N) is 1. The lowest BCUT2D eigenvalue weighted by Gasteiger charge is -2.20. The average Bonchev–Trinajstić information content (AvgIpc) is 2.40. The van der Waals surface area contributed by atoms with Gasteiger partial charge in [-0.1, -0.05) is 40.7 Å². The van der Waals surface area contributed by atoms with E-state index in [9.17, 15) is 0 Å². The Morgan fingerprint density at radius 1 is 1.33 bits per heavy atom. The van der Waals surface area contributed by atoms with Gasteiger partial charge in [-0.25, -0.2) is 4.98 Å². The Bertz CT molecular complexity index is 447. The zero-order valence-electron chi connectivity index (χ0n) is 14.2. The molecule has 21 heavy (non-hydrogen) atoms. The molecular formula is C18H30N2O. The second-order valence-electron chi connectivity index (χ2n) is 6.76. The fraction of sp³-hybridized carbons (Fsp3) is 0.611. The van der Waals surface area contributed by atoms with Crippen molar-refractivity contribution in [2.24, 2.45) is 0 Å². The third-order valence-corrected chi connectivity index (χ3v) is 3.15. The number of allylic oxidation sites excluding steroid dienone is 1. The van der Waals surface area contributed by atoms with Crippen LogP contribution < -0.4 is 10.1 Å². The van der Waals surface area contributed by atoms with Gasteiger partial charge in [-0.3, -0.25) is 0 Å². The molecule has 1 N–H and O–H groups in total. The third kappa shape index (κ3) is 6.76. The standard InChI is InChI=1S/C18H30N2O/c1-7-8-9-10-21-17-12-15(13-19-14(2)3)11-16(20-17)18(4,5)6/h7,11-12,14,19H,1,8-10,13H2,2-6H3. The van der Waals surface area contributed by atoms with Gasteiger partial charge in [-0.05, 0) is 24.5 Å². The van der Waals surface area contributed by atoms with Crippen LogP contribution in [0.15, 0.2) is 24.8 Å². The Morgan fingerprint density at radius 2 is 2.05 bits per heavy atom. The van der Waals surface area contributed by atoms with E-state index < -0.39 is 0 Å². The molecule has 3 heteroatoms. The van der Waals surface area contributed by atoms with E-state index in [0.717, 1.165) is 31.0 Å². The van der Waals surface area contributed by atoms with Crippen LogP contribution in [0.3, 0.4) is 0 Å². The Balaban J connectivity index is 2.84. The van der Waals surface area contributed by atoms with Gasteiger partial charge < -0.3 is 10.1 Å². The first kappa shape index (κ1) is 17.7. The minimum Gasteiger partial charge on any atom is -0.478 e. The van der Waals surface area contributed by atoms with Crippen molar-refractivity contribution in [1.82, 2.24) is 10.3 Å². The highest BCUT2D eigenvalue weighted by atomic mass is 16.5. The van der Waals surface area contributed by atoms with Gasteiger partial charge in [0.2, 0.25) is 5.88 Å². The summed E-state index contributed by atoms with van der Waals surface area (Å²) in [5, 5.41) is 3.45. The second kappa shape index (κ2) is 8.18. The molecule has 0 unspecified atom stereocenters. The van der Waals surface area contributed by atoms with E-state index in [2.05, 4.69) is 57.6 Å². The van der Waals surface area contributed by atoms with Gasteiger partial charge in [0, 0.05) is 24.1 Å². The van der Waals surface area contributed by atoms with Crippen molar-refractivity contribution in [3.63, 3.8) is 0 Å². The van der Waals surface area contributed by atoms with Crippen LogP contribution in [-0.4, -0.2) is 17.6 Å². The van der Waals surface area contributed by atoms with Crippen LogP contribution in [0, 0.1) is 0 Å². The maximum absolute atomic E-state index is 5.80. The van der Waals surface area contributed by atoms with Crippen molar-refractivity contribution in [3.8, 4) is 5.88 Å². The fourth-order valence-corrected chi connectivity index (χ4v) is 1.85. The Kier molecular flexibility index (Phi) is 6.90. The molecule has 1 rings (SSSR count). The van der Waals surface area contributed by atoms with E-state index in [1.165, 1.54) is 5.56 Å². The van der Waals surface area contributed by atoms with Crippen LogP contribution in [-0.2, 0) is 12.0 Å². The zero-order valence-corrected chi connectivity index (χ0v) is 14.2. The summed E-state index contributed by atoms with van der Waals surface area (Å²) < 4.78 is 5.80. The summed E-state index contributed by atoms with van der Waals surface area (Å²) in [7, 11) is 0. The fourth-order valence-electron chi connectivity index (χ4n) is 1.85. The molecule has 1 aromatic heterocycles. The monoisotopic (exact) mass is 290 g/mol. The molecular weight excluding hydrogens is 260 g/mol. The molecule has 0 radical (unpaired) electrons. The van der Waals surface area contributed by atoms with Crippen LogP contribution >= 0.6 is 0 Å². The Morgan fingerprint density at radius 3 is 2.62 bits per heavy atom. The van der Waals surface area contributed by atoms with Crippen molar-refractivity contribution in [2.45, 2.75) is 65.5 Å². The minimum atomic E-state index is 0.0209. The molecule has 0 fully saturated rings. The predicted molar refractivity (Wildman–Crippen MR) is 89.8 cm³/mol. The molecule has 3 nitrogen and oxygen atoms in total. The molecule has 1 heterocycles. The normalized spacial score (nSPS) is 11.7. The highest BCUT2D eigenvalue weighted by Crippen LogP contribution is 2.24. The van der Waals surface area contributed by atoms with E-state index in [1.807, 2.05) is 12.1 Å². The summed E-state index contributed by atoms with van der Waals surface area (Å²) in [4.78, 5) is 4.65. The van der Waals surface area contributed by atoms with Gasteiger partial charge in [0.05, 0.1) is 12.3 Å². The lowest BCUT2D eigenvalue weighted by atomic mass is 9.91. The highest BCUT2D eigenvalue weighted by molar-refractivity contribution is 5.28. The second-order valence-corrected chi connectivity index (χ2v) is 6.76. The van der Waals surface area contributed by atoms with Gasteiger partial charge in [0.15, 0.2) is 0 Å². The van der Waals surface area contributed by atoms with E-state index >= 15 is 0 Å². The highest BCUT2D eigenvalue weighted by Gasteiger charge is 2.17. The molecule has 0 spiro atoms. The molecule has 0 aliphatic rings. The quantitative estimate of drug-likeness (QED) is 0.575. The molecule has 0 atom stereocenters. The number of ether oxygens (including phenoxy) is 1. The first-order valence-corrected chi connectivity index (χ1v) is 7.81. The molecule has 0 aliphatic carbocycles. The summed E-state index contributed by atoms with van der Waals surface area (Å²) in [6.07, 6.45) is 3.87. The summed E-state index contributed by atoms with van der Waals surface area (Å²) >= 11 is 0. The van der Waals surface area contributed by atoms with Crippen molar-refractivity contribution in [1.29, 1.82) is 0 Å². The predicted octanol–water partition coefficient (Wildman–Crippen LogP) is 4.22. The SMILES string of the molecule is C=CCCCOc1cc(CNC(C)C)cc(C(C)(C)C)n1. The largest absolute Gasteiger partial charge is 0.478 e. The van der Waals surface area contributed by atoms with E-state index in [1.54, 1.807) is 0 Å². The lowest BCUT2D eigenvalue weighted by Crippen LogP contribution is -2.23. The molecule has 0 saturated carbocycles. The summed E-state index contributed by atoms with van der Waals surface area (Å²) in [5.74, 6) is 0.729. The van der Waals surface area contributed by atoms with E-state index in [0.29, 0.717) is 12.6 Å². The van der Waals surface area contributed by atoms with Gasteiger partial charge in [0.1, 0.15) is 0 Å². The summed E-state index contributed by atoms with van der Waals surface area (Å²) in [6, 6.07) is 4.68. The minimum absolute atomic E-state index is 0.0209. The van der Waals surface area contributed by atoms with Crippen molar-refractivity contribution >= 4 is 0 Å². The van der Waals surface area contributed by atoms with Gasteiger partial charge in [0.25, 0.3) is 0 Å². The van der Waals surface area contributed by atoms with Crippen molar-refractivity contribution < 1.29 is 4.74 Å². The molecule has 118 valence electrons. The van der Waals surface area contributed by atoms with Crippen LogP contribution in [0.4, 0.5) is 0 Å². The first-order chi connectivity index (χ1) is 9.82. The van der Waals surface area contributed by atoms with Gasteiger partial charge in [-0.2, -0.15) is 0 Å². The van der Waals surface area contributed by atoms with Crippen LogP contribution in [0.5, 0.6) is 5.88 Å². The maximum Gasteiger partial charge on any atom is 0.213 e. The molecule has 0 aromatic carbocycles. The smallest absolute Gasteiger partial charge is 0.213 e. The third-order valence-electron chi connectivity index (χ3n) is 3.15. The lowest BCUT2D eigenvalue weighted by molar-refractivity contribution is 0.297.